The van der Waals surface area contributed by atoms with Crippen LogP contribution in [0.3, 0.4) is 0 Å². The lowest BCUT2D eigenvalue weighted by molar-refractivity contribution is 0.536. The van der Waals surface area contributed by atoms with Crippen LogP contribution in [0.2, 0.25) is 0 Å². The van der Waals surface area contributed by atoms with Crippen LogP contribution >= 0.6 is 0 Å². The summed E-state index contributed by atoms with van der Waals surface area (Å²) in [5.41, 5.74) is 2.60. The van der Waals surface area contributed by atoms with Crippen molar-refractivity contribution in [3.05, 3.63) is 70.8 Å². The monoisotopic (exact) mass is 261 g/mol. The van der Waals surface area contributed by atoms with Crippen molar-refractivity contribution in [1.29, 1.82) is 0 Å². The average Bonchev–Trinajstić information content (AvgIpc) is 2.39. The summed E-state index contributed by atoms with van der Waals surface area (Å²) in [7, 11) is 0. The molecule has 0 aromatic heterocycles. The van der Waals surface area contributed by atoms with Crippen LogP contribution in [0.15, 0.2) is 42.5 Å². The number of nitrogens with one attached hydrogen (secondary N) is 1. The van der Waals surface area contributed by atoms with Gasteiger partial charge in [-0.25, -0.2) is 8.78 Å². The van der Waals surface area contributed by atoms with E-state index in [2.05, 4.69) is 24.4 Å². The zero-order valence-corrected chi connectivity index (χ0v) is 10.9. The minimum absolute atomic E-state index is 0.104. The molecule has 100 valence electrons. The van der Waals surface area contributed by atoms with E-state index in [1.807, 2.05) is 12.1 Å². The van der Waals surface area contributed by atoms with Crippen LogP contribution in [-0.2, 0) is 13.0 Å². The highest BCUT2D eigenvalue weighted by Crippen LogP contribution is 2.11. The van der Waals surface area contributed by atoms with Crippen molar-refractivity contribution in [2.75, 3.05) is 6.54 Å². The third-order valence-corrected chi connectivity index (χ3v) is 3.20. The molecule has 0 fully saturated rings. The van der Waals surface area contributed by atoms with E-state index in [0.717, 1.165) is 6.42 Å². The van der Waals surface area contributed by atoms with E-state index in [9.17, 15) is 8.78 Å². The van der Waals surface area contributed by atoms with E-state index in [-0.39, 0.29) is 12.1 Å². The summed E-state index contributed by atoms with van der Waals surface area (Å²) < 4.78 is 26.8. The Bertz CT molecular complexity index is 532. The van der Waals surface area contributed by atoms with Crippen molar-refractivity contribution in [2.24, 2.45) is 0 Å². The molecule has 0 saturated heterocycles. The van der Waals surface area contributed by atoms with Gasteiger partial charge < -0.3 is 5.32 Å². The molecular weight excluding hydrogens is 244 g/mol. The van der Waals surface area contributed by atoms with Gasteiger partial charge in [-0.3, -0.25) is 0 Å². The second-order valence-electron chi connectivity index (χ2n) is 4.55. The summed E-state index contributed by atoms with van der Waals surface area (Å²) in [6, 6.07) is 12.1. The van der Waals surface area contributed by atoms with Gasteiger partial charge in [0.2, 0.25) is 0 Å². The molecule has 0 radical (unpaired) electrons. The second kappa shape index (κ2) is 6.43. The van der Waals surface area contributed by atoms with Gasteiger partial charge in [-0.1, -0.05) is 30.3 Å². The maximum Gasteiger partial charge on any atom is 0.130 e. The molecule has 0 aliphatic rings. The number of rotatable bonds is 5. The van der Waals surface area contributed by atoms with E-state index in [1.165, 1.54) is 29.3 Å². The molecule has 1 nitrogen and oxygen atoms in total. The summed E-state index contributed by atoms with van der Waals surface area (Å²) in [5, 5.41) is 3.08. The molecule has 3 heteroatoms. The quantitative estimate of drug-likeness (QED) is 0.811. The van der Waals surface area contributed by atoms with Crippen molar-refractivity contribution in [2.45, 2.75) is 19.9 Å². The Morgan fingerprint density at radius 2 is 1.63 bits per heavy atom. The lowest BCUT2D eigenvalue weighted by Gasteiger charge is -2.08. The predicted octanol–water partition coefficient (Wildman–Crippen LogP) is 3.61. The third kappa shape index (κ3) is 3.61. The van der Waals surface area contributed by atoms with Crippen LogP contribution < -0.4 is 5.32 Å². The first-order valence-corrected chi connectivity index (χ1v) is 6.36. The Morgan fingerprint density at radius 1 is 0.947 bits per heavy atom. The maximum atomic E-state index is 13.4. The fourth-order valence-electron chi connectivity index (χ4n) is 2.03. The van der Waals surface area contributed by atoms with E-state index in [1.54, 1.807) is 0 Å². The van der Waals surface area contributed by atoms with Gasteiger partial charge in [0.15, 0.2) is 0 Å². The highest BCUT2D eigenvalue weighted by molar-refractivity contribution is 5.25. The molecule has 19 heavy (non-hydrogen) atoms. The van der Waals surface area contributed by atoms with Gasteiger partial charge in [0.05, 0.1) is 0 Å². The van der Waals surface area contributed by atoms with Crippen molar-refractivity contribution in [3.63, 3.8) is 0 Å². The minimum atomic E-state index is -0.497. The molecule has 1 N–H and O–H groups in total. The SMILES string of the molecule is Cc1ccccc1CCNCc1c(F)cccc1F. The number of hydrogen-bond acceptors (Lipinski definition) is 1. The number of benzene rings is 2. The Morgan fingerprint density at radius 3 is 2.32 bits per heavy atom. The minimum Gasteiger partial charge on any atom is -0.312 e. The van der Waals surface area contributed by atoms with Gasteiger partial charge >= 0.3 is 0 Å². The Balaban J connectivity index is 1.86. The van der Waals surface area contributed by atoms with Crippen LogP contribution in [0, 0.1) is 18.6 Å². The molecule has 2 rings (SSSR count). The van der Waals surface area contributed by atoms with E-state index in [4.69, 9.17) is 0 Å². The molecule has 2 aromatic rings. The van der Waals surface area contributed by atoms with Gasteiger partial charge in [-0.15, -0.1) is 0 Å². The largest absolute Gasteiger partial charge is 0.312 e. The lowest BCUT2D eigenvalue weighted by Crippen LogP contribution is -2.18. The zero-order chi connectivity index (χ0) is 13.7. The van der Waals surface area contributed by atoms with Crippen LogP contribution in [-0.4, -0.2) is 6.54 Å². The fourth-order valence-corrected chi connectivity index (χ4v) is 2.03. The summed E-state index contributed by atoms with van der Waals surface area (Å²) in [6.45, 7) is 2.97. The van der Waals surface area contributed by atoms with E-state index >= 15 is 0 Å². The van der Waals surface area contributed by atoms with Crippen molar-refractivity contribution in [3.8, 4) is 0 Å². The standard InChI is InChI=1S/C16H17F2N/c1-12-5-2-3-6-13(12)9-10-19-11-14-15(17)7-4-8-16(14)18/h2-8,19H,9-11H2,1H3. The van der Waals surface area contributed by atoms with Gasteiger partial charge in [0.25, 0.3) is 0 Å². The summed E-state index contributed by atoms with van der Waals surface area (Å²) in [6.07, 6.45) is 0.850. The first-order valence-electron chi connectivity index (χ1n) is 6.36. The summed E-state index contributed by atoms with van der Waals surface area (Å²) in [5.74, 6) is -0.994. The molecule has 0 bridgehead atoms. The lowest BCUT2D eigenvalue weighted by atomic mass is 10.1. The van der Waals surface area contributed by atoms with Crippen molar-refractivity contribution < 1.29 is 8.78 Å². The highest BCUT2D eigenvalue weighted by Gasteiger charge is 2.07. The summed E-state index contributed by atoms with van der Waals surface area (Å²) in [4.78, 5) is 0. The normalized spacial score (nSPS) is 10.7. The zero-order valence-electron chi connectivity index (χ0n) is 10.9. The smallest absolute Gasteiger partial charge is 0.130 e. The molecule has 0 saturated carbocycles. The number of hydrogen-bond donors (Lipinski definition) is 1. The molecule has 0 aliphatic carbocycles. The fraction of sp³-hybridized carbons (Fsp3) is 0.250. The maximum absolute atomic E-state index is 13.4. The number of halogens is 2. The molecule has 2 aromatic carbocycles. The van der Waals surface area contributed by atoms with Crippen molar-refractivity contribution >= 4 is 0 Å². The third-order valence-electron chi connectivity index (χ3n) is 3.20. The Kier molecular flexibility index (Phi) is 4.63. The van der Waals surface area contributed by atoms with Crippen molar-refractivity contribution in [1.82, 2.24) is 5.32 Å². The summed E-state index contributed by atoms with van der Waals surface area (Å²) >= 11 is 0. The van der Waals surface area contributed by atoms with Gasteiger partial charge in [-0.05, 0) is 43.1 Å². The first-order chi connectivity index (χ1) is 9.18. The van der Waals surface area contributed by atoms with Crippen LogP contribution in [0.1, 0.15) is 16.7 Å². The highest BCUT2D eigenvalue weighted by atomic mass is 19.1. The second-order valence-corrected chi connectivity index (χ2v) is 4.55. The Hall–Kier alpha value is -1.74. The molecule has 0 aliphatic heterocycles. The number of aryl methyl sites for hydroxylation is 1. The molecule has 0 amide bonds. The molecule has 0 unspecified atom stereocenters. The predicted molar refractivity (Wildman–Crippen MR) is 72.9 cm³/mol. The molecule has 0 atom stereocenters. The van der Waals surface area contributed by atoms with Crippen LogP contribution in [0.5, 0.6) is 0 Å². The van der Waals surface area contributed by atoms with Gasteiger partial charge in [0.1, 0.15) is 11.6 Å². The topological polar surface area (TPSA) is 12.0 Å². The Labute approximate surface area is 112 Å². The van der Waals surface area contributed by atoms with Gasteiger partial charge in [0, 0.05) is 12.1 Å². The first kappa shape index (κ1) is 13.7. The van der Waals surface area contributed by atoms with E-state index < -0.39 is 11.6 Å². The van der Waals surface area contributed by atoms with E-state index in [0.29, 0.717) is 6.54 Å². The average molecular weight is 261 g/mol. The van der Waals surface area contributed by atoms with Crippen LogP contribution in [0.4, 0.5) is 8.78 Å². The molecule has 0 spiro atoms. The van der Waals surface area contributed by atoms with Gasteiger partial charge in [-0.2, -0.15) is 0 Å². The molecular formula is C16H17F2N. The van der Waals surface area contributed by atoms with Crippen LogP contribution in [0.25, 0.3) is 0 Å². The molecule has 0 heterocycles.